The van der Waals surface area contributed by atoms with E-state index in [1.54, 1.807) is 13.0 Å². The van der Waals surface area contributed by atoms with E-state index >= 15 is 0 Å². The Bertz CT molecular complexity index is 905. The van der Waals surface area contributed by atoms with E-state index in [4.69, 9.17) is 0 Å². The van der Waals surface area contributed by atoms with Crippen LogP contribution in [-0.4, -0.2) is 106 Å². The largest absolute Gasteiger partial charge is 0.480 e. The minimum atomic E-state index is -1.07. The summed E-state index contributed by atoms with van der Waals surface area (Å²) in [5, 5.41) is 14.4. The monoisotopic (exact) mass is 491 g/mol. The Morgan fingerprint density at radius 1 is 0.743 bits per heavy atom. The second-order valence-corrected chi connectivity index (χ2v) is 8.95. The smallest absolute Gasteiger partial charge is 0.326 e. The van der Waals surface area contributed by atoms with E-state index in [-0.39, 0.29) is 19.0 Å². The summed E-state index contributed by atoms with van der Waals surface area (Å²) in [4.78, 5) is 78.0. The van der Waals surface area contributed by atoms with Crippen molar-refractivity contribution >= 4 is 35.5 Å². The normalized spacial score (nSPS) is 24.1. The molecule has 3 unspecified atom stereocenters. The van der Waals surface area contributed by atoms with E-state index in [0.717, 1.165) is 0 Å². The van der Waals surface area contributed by atoms with Gasteiger partial charge >= 0.3 is 5.97 Å². The van der Waals surface area contributed by atoms with Crippen LogP contribution >= 0.6 is 0 Å². The Morgan fingerprint density at radius 3 is 1.66 bits per heavy atom. The van der Waals surface area contributed by atoms with Gasteiger partial charge in [-0.15, -0.1) is 0 Å². The SMILES string of the molecule is C/C=C/C(=O)N1CCCC1C(=O)NCC(=O)N1CCCC1C(=O)NCC(=O)N1CCCC1C(=O)O. The van der Waals surface area contributed by atoms with Crippen LogP contribution < -0.4 is 10.6 Å². The summed E-state index contributed by atoms with van der Waals surface area (Å²) >= 11 is 0. The van der Waals surface area contributed by atoms with Crippen molar-refractivity contribution in [2.75, 3.05) is 32.7 Å². The lowest BCUT2D eigenvalue weighted by Gasteiger charge is -2.26. The van der Waals surface area contributed by atoms with Gasteiger partial charge in [-0.05, 0) is 51.5 Å². The molecule has 3 atom stereocenters. The molecular formula is C23H33N5O7. The number of nitrogens with zero attached hydrogens (tertiary/aromatic N) is 3. The van der Waals surface area contributed by atoms with Crippen LogP contribution in [0.4, 0.5) is 0 Å². The fourth-order valence-electron chi connectivity index (χ4n) is 4.97. The lowest BCUT2D eigenvalue weighted by molar-refractivity contribution is -0.148. The highest BCUT2D eigenvalue weighted by molar-refractivity contribution is 5.96. The molecule has 0 aromatic heterocycles. The number of carbonyl (C=O) groups is 6. The van der Waals surface area contributed by atoms with Crippen molar-refractivity contribution in [3.8, 4) is 0 Å². The van der Waals surface area contributed by atoms with Crippen LogP contribution in [0.25, 0.3) is 0 Å². The molecule has 0 aromatic carbocycles. The molecule has 0 bridgehead atoms. The minimum absolute atomic E-state index is 0.245. The molecule has 3 fully saturated rings. The van der Waals surface area contributed by atoms with Gasteiger partial charge in [0.25, 0.3) is 0 Å². The first kappa shape index (κ1) is 26.2. The number of amides is 5. The Hall–Kier alpha value is -3.44. The van der Waals surface area contributed by atoms with E-state index in [2.05, 4.69) is 10.6 Å². The topological polar surface area (TPSA) is 156 Å². The van der Waals surface area contributed by atoms with Crippen LogP contribution in [0.15, 0.2) is 12.2 Å². The summed E-state index contributed by atoms with van der Waals surface area (Å²) < 4.78 is 0. The number of allylic oxidation sites excluding steroid dienone is 1. The minimum Gasteiger partial charge on any atom is -0.480 e. The second kappa shape index (κ2) is 11.8. The molecule has 0 aliphatic carbocycles. The standard InChI is InChI=1S/C23H33N5O7/c1-2-6-18(29)26-10-3-7-15(26)21(32)24-13-19(30)27-11-4-8-16(27)22(33)25-14-20(31)28-12-5-9-17(28)23(34)35/h2,6,15-17H,3-5,7-14H2,1H3,(H,24,32)(H,25,33)(H,34,35)/b6-2+. The van der Waals surface area contributed by atoms with E-state index in [1.807, 2.05) is 0 Å². The number of carbonyl (C=O) groups excluding carboxylic acids is 5. The van der Waals surface area contributed by atoms with Crippen LogP contribution in [0.5, 0.6) is 0 Å². The zero-order chi connectivity index (χ0) is 25.5. The molecule has 3 aliphatic rings. The van der Waals surface area contributed by atoms with Gasteiger partial charge in [-0.25, -0.2) is 4.79 Å². The van der Waals surface area contributed by atoms with Crippen molar-refractivity contribution in [2.24, 2.45) is 0 Å². The molecule has 12 heteroatoms. The summed E-state index contributed by atoms with van der Waals surface area (Å²) in [6.45, 7) is 2.25. The van der Waals surface area contributed by atoms with Crippen LogP contribution in [0.3, 0.4) is 0 Å². The Labute approximate surface area is 203 Å². The molecule has 3 saturated heterocycles. The van der Waals surface area contributed by atoms with Gasteiger partial charge in [0.2, 0.25) is 29.5 Å². The number of rotatable bonds is 8. The molecule has 0 spiro atoms. The average molecular weight is 492 g/mol. The van der Waals surface area contributed by atoms with E-state index in [0.29, 0.717) is 58.2 Å². The third-order valence-corrected chi connectivity index (χ3v) is 6.71. The summed E-state index contributed by atoms with van der Waals surface area (Å²) in [7, 11) is 0. The van der Waals surface area contributed by atoms with Gasteiger partial charge in [-0.2, -0.15) is 0 Å². The van der Waals surface area contributed by atoms with E-state index < -0.39 is 47.7 Å². The zero-order valence-corrected chi connectivity index (χ0v) is 19.9. The van der Waals surface area contributed by atoms with Crippen molar-refractivity contribution in [1.82, 2.24) is 25.3 Å². The molecule has 3 aliphatic heterocycles. The molecule has 3 rings (SSSR count). The second-order valence-electron chi connectivity index (χ2n) is 8.95. The van der Waals surface area contributed by atoms with Crippen molar-refractivity contribution in [3.05, 3.63) is 12.2 Å². The lowest BCUT2D eigenvalue weighted by atomic mass is 10.2. The van der Waals surface area contributed by atoms with Crippen molar-refractivity contribution in [1.29, 1.82) is 0 Å². The van der Waals surface area contributed by atoms with Crippen LogP contribution in [-0.2, 0) is 28.8 Å². The predicted octanol–water partition coefficient (Wildman–Crippen LogP) is -1.15. The Morgan fingerprint density at radius 2 is 1.17 bits per heavy atom. The number of nitrogens with one attached hydrogen (secondary N) is 2. The summed E-state index contributed by atoms with van der Waals surface area (Å²) in [6, 6.07) is -2.27. The van der Waals surface area contributed by atoms with Crippen LogP contribution in [0.2, 0.25) is 0 Å². The molecular weight excluding hydrogens is 458 g/mol. The van der Waals surface area contributed by atoms with Crippen LogP contribution in [0.1, 0.15) is 45.4 Å². The first-order chi connectivity index (χ1) is 16.7. The van der Waals surface area contributed by atoms with E-state index in [9.17, 15) is 33.9 Å². The highest BCUT2D eigenvalue weighted by Gasteiger charge is 2.37. The maximum atomic E-state index is 12.8. The molecule has 12 nitrogen and oxygen atoms in total. The first-order valence-electron chi connectivity index (χ1n) is 12.0. The molecule has 5 amide bonds. The van der Waals surface area contributed by atoms with E-state index in [1.165, 1.54) is 20.8 Å². The van der Waals surface area contributed by atoms with Gasteiger partial charge in [-0.1, -0.05) is 6.08 Å². The number of aliphatic carboxylic acids is 1. The van der Waals surface area contributed by atoms with Gasteiger partial charge in [-0.3, -0.25) is 24.0 Å². The molecule has 0 radical (unpaired) electrons. The fourth-order valence-corrected chi connectivity index (χ4v) is 4.97. The van der Waals surface area contributed by atoms with Crippen molar-refractivity contribution < 1.29 is 33.9 Å². The maximum absolute atomic E-state index is 12.8. The molecule has 0 aromatic rings. The summed E-state index contributed by atoms with van der Waals surface area (Å²) in [5.41, 5.74) is 0. The molecule has 35 heavy (non-hydrogen) atoms. The van der Waals surface area contributed by atoms with Crippen molar-refractivity contribution in [3.63, 3.8) is 0 Å². The maximum Gasteiger partial charge on any atom is 0.326 e. The highest BCUT2D eigenvalue weighted by atomic mass is 16.4. The third kappa shape index (κ3) is 6.17. The molecule has 192 valence electrons. The van der Waals surface area contributed by atoms with Gasteiger partial charge < -0.3 is 30.4 Å². The van der Waals surface area contributed by atoms with Gasteiger partial charge in [0.15, 0.2) is 0 Å². The van der Waals surface area contributed by atoms with Gasteiger partial charge in [0, 0.05) is 19.6 Å². The third-order valence-electron chi connectivity index (χ3n) is 6.71. The Balaban J connectivity index is 1.49. The average Bonchev–Trinajstić information content (AvgIpc) is 3.60. The number of likely N-dealkylation sites (tertiary alicyclic amines) is 3. The first-order valence-corrected chi connectivity index (χ1v) is 12.0. The predicted molar refractivity (Wildman–Crippen MR) is 123 cm³/mol. The highest BCUT2D eigenvalue weighted by Crippen LogP contribution is 2.20. The molecule has 3 heterocycles. The van der Waals surface area contributed by atoms with Gasteiger partial charge in [0.05, 0.1) is 13.1 Å². The molecule has 3 N–H and O–H groups in total. The van der Waals surface area contributed by atoms with Crippen LogP contribution in [0, 0.1) is 0 Å². The quantitative estimate of drug-likeness (QED) is 0.362. The number of hydrogen-bond donors (Lipinski definition) is 3. The fraction of sp³-hybridized carbons (Fsp3) is 0.652. The lowest BCUT2D eigenvalue weighted by Crippen LogP contribution is -2.52. The zero-order valence-electron chi connectivity index (χ0n) is 19.9. The molecule has 0 saturated carbocycles. The van der Waals surface area contributed by atoms with Crippen molar-refractivity contribution in [2.45, 2.75) is 63.6 Å². The van der Waals surface area contributed by atoms with Gasteiger partial charge in [0.1, 0.15) is 18.1 Å². The summed E-state index contributed by atoms with van der Waals surface area (Å²) in [6.07, 6.45) is 6.24. The Kier molecular flexibility index (Phi) is 8.83. The number of carboxylic acids is 1. The summed E-state index contributed by atoms with van der Waals surface area (Å²) in [5.74, 6) is -3.09. The number of carboxylic acid groups (broad SMARTS) is 1. The number of hydrogen-bond acceptors (Lipinski definition) is 6.